The molecule has 3 N–H and O–H groups in total. The molecule has 0 spiro atoms. The molecule has 1 amide bonds. The van der Waals surface area contributed by atoms with E-state index in [1.54, 1.807) is 19.1 Å². The van der Waals surface area contributed by atoms with Gasteiger partial charge < -0.3 is 15.8 Å². The molecule has 0 aromatic heterocycles. The third-order valence-corrected chi connectivity index (χ3v) is 3.34. The number of nitrogen functional groups attached to an aromatic ring is 1. The number of carbonyl (C=O) groups is 1. The number of hydrogen-bond donors (Lipinski definition) is 2. The topological polar surface area (TPSA) is 64.3 Å². The average molecular weight is 350 g/mol. The van der Waals surface area contributed by atoms with E-state index < -0.39 is 6.10 Å². The van der Waals surface area contributed by atoms with E-state index in [-0.39, 0.29) is 5.91 Å². The largest absolute Gasteiger partial charge is 0.478 e. The Bertz CT molecular complexity index is 431. The van der Waals surface area contributed by atoms with E-state index in [1.807, 2.05) is 0 Å². The Morgan fingerprint density at radius 1 is 1.58 bits per heavy atom. The average Bonchev–Trinajstić information content (AvgIpc) is 2.33. The Morgan fingerprint density at radius 3 is 2.84 bits per heavy atom. The highest BCUT2D eigenvalue weighted by atomic mass is 79.9. The minimum Gasteiger partial charge on any atom is -0.478 e. The van der Waals surface area contributed by atoms with Gasteiger partial charge in [0.05, 0.1) is 10.2 Å². The molecule has 19 heavy (non-hydrogen) atoms. The van der Waals surface area contributed by atoms with Crippen LogP contribution in [0.15, 0.2) is 16.6 Å². The minimum atomic E-state index is -0.614. The van der Waals surface area contributed by atoms with Crippen LogP contribution >= 0.6 is 27.5 Å². The summed E-state index contributed by atoms with van der Waals surface area (Å²) in [7, 11) is 0. The molecule has 1 rings (SSSR count). The van der Waals surface area contributed by atoms with E-state index >= 15 is 0 Å². The molecule has 0 fully saturated rings. The van der Waals surface area contributed by atoms with Crippen molar-refractivity contribution in [1.82, 2.24) is 5.32 Å². The molecule has 0 heterocycles. The molecule has 0 aliphatic rings. The quantitative estimate of drug-likeness (QED) is 0.611. The van der Waals surface area contributed by atoms with Crippen molar-refractivity contribution in [3.63, 3.8) is 0 Å². The molecule has 1 aromatic carbocycles. The number of carbonyl (C=O) groups excluding carboxylic acids is 1. The van der Waals surface area contributed by atoms with Gasteiger partial charge >= 0.3 is 0 Å². The fourth-order valence-corrected chi connectivity index (χ4v) is 2.39. The van der Waals surface area contributed by atoms with E-state index in [4.69, 9.17) is 22.1 Å². The fraction of sp³-hybridized carbons (Fsp3) is 0.462. The number of nitrogens with two attached hydrogens (primary N) is 1. The van der Waals surface area contributed by atoms with E-state index in [0.29, 0.717) is 27.5 Å². The van der Waals surface area contributed by atoms with E-state index in [2.05, 4.69) is 28.2 Å². The Labute approximate surface area is 126 Å². The lowest BCUT2D eigenvalue weighted by molar-refractivity contribution is -0.127. The number of nitrogens with one attached hydrogen (secondary N) is 1. The second-order valence-corrected chi connectivity index (χ2v) is 5.50. The monoisotopic (exact) mass is 348 g/mol. The number of hydrogen-bond acceptors (Lipinski definition) is 3. The van der Waals surface area contributed by atoms with Crippen molar-refractivity contribution in [2.75, 3.05) is 12.3 Å². The first-order chi connectivity index (χ1) is 8.95. The molecular formula is C13H18BrClN2O2. The van der Waals surface area contributed by atoms with Crippen LogP contribution in [0.3, 0.4) is 0 Å². The van der Waals surface area contributed by atoms with Crippen molar-refractivity contribution in [2.45, 2.75) is 32.8 Å². The summed E-state index contributed by atoms with van der Waals surface area (Å²) in [5.74, 6) is 0.275. The summed E-state index contributed by atoms with van der Waals surface area (Å²) in [6.07, 6.45) is 1.37. The van der Waals surface area contributed by atoms with Gasteiger partial charge in [-0.05, 0) is 41.4 Å². The third kappa shape index (κ3) is 4.91. The zero-order chi connectivity index (χ0) is 14.4. The minimum absolute atomic E-state index is 0.158. The maximum Gasteiger partial charge on any atom is 0.260 e. The van der Waals surface area contributed by atoms with Crippen molar-refractivity contribution in [3.05, 3.63) is 21.6 Å². The first-order valence-electron chi connectivity index (χ1n) is 6.14. The van der Waals surface area contributed by atoms with Gasteiger partial charge in [0.15, 0.2) is 11.9 Å². The molecule has 0 saturated carbocycles. The van der Waals surface area contributed by atoms with Gasteiger partial charge in [0.2, 0.25) is 0 Å². The van der Waals surface area contributed by atoms with Gasteiger partial charge in [-0.2, -0.15) is 0 Å². The number of halogens is 2. The number of unbranched alkanes of at least 4 members (excludes halogenated alkanes) is 1. The van der Waals surface area contributed by atoms with Crippen molar-refractivity contribution < 1.29 is 9.53 Å². The molecule has 0 aliphatic carbocycles. The van der Waals surface area contributed by atoms with Gasteiger partial charge in [-0.3, -0.25) is 4.79 Å². The number of amides is 1. The standard InChI is InChI=1S/C13H18BrClN2O2/c1-3-4-5-17-13(18)8(2)19-12-10(14)6-9(15)7-11(12)16/h6-8H,3-5,16H2,1-2H3,(H,17,18). The van der Waals surface area contributed by atoms with Crippen LogP contribution in [-0.2, 0) is 4.79 Å². The zero-order valence-electron chi connectivity index (χ0n) is 11.0. The van der Waals surface area contributed by atoms with Crippen LogP contribution in [-0.4, -0.2) is 18.6 Å². The summed E-state index contributed by atoms with van der Waals surface area (Å²) >= 11 is 9.18. The summed E-state index contributed by atoms with van der Waals surface area (Å²) in [6, 6.07) is 3.26. The van der Waals surface area contributed by atoms with Crippen LogP contribution in [0.25, 0.3) is 0 Å². The normalized spacial score (nSPS) is 12.0. The summed E-state index contributed by atoms with van der Waals surface area (Å²) in [4.78, 5) is 11.8. The molecule has 6 heteroatoms. The molecular weight excluding hydrogens is 332 g/mol. The maximum atomic E-state index is 11.8. The molecule has 4 nitrogen and oxygen atoms in total. The van der Waals surface area contributed by atoms with Gasteiger partial charge in [-0.15, -0.1) is 0 Å². The van der Waals surface area contributed by atoms with Crippen LogP contribution in [0.4, 0.5) is 5.69 Å². The van der Waals surface area contributed by atoms with Gasteiger partial charge in [-0.1, -0.05) is 24.9 Å². The van der Waals surface area contributed by atoms with Gasteiger partial charge in [0.1, 0.15) is 0 Å². The summed E-state index contributed by atoms with van der Waals surface area (Å²) < 4.78 is 6.21. The second-order valence-electron chi connectivity index (χ2n) is 4.21. The third-order valence-electron chi connectivity index (χ3n) is 2.53. The highest BCUT2D eigenvalue weighted by molar-refractivity contribution is 9.10. The lowest BCUT2D eigenvalue weighted by Crippen LogP contribution is -2.37. The number of benzene rings is 1. The second kappa shape index (κ2) is 7.60. The molecule has 0 bridgehead atoms. The predicted octanol–water partition coefficient (Wildman–Crippen LogP) is 3.37. The number of ether oxygens (including phenoxy) is 1. The summed E-state index contributed by atoms with van der Waals surface area (Å²) in [6.45, 7) is 4.40. The van der Waals surface area contributed by atoms with Gasteiger partial charge in [-0.25, -0.2) is 0 Å². The lowest BCUT2D eigenvalue weighted by atomic mass is 10.3. The van der Waals surface area contributed by atoms with Crippen LogP contribution in [0, 0.1) is 0 Å². The summed E-state index contributed by atoms with van der Waals surface area (Å²) in [5.41, 5.74) is 6.22. The highest BCUT2D eigenvalue weighted by Gasteiger charge is 2.17. The van der Waals surface area contributed by atoms with E-state index in [1.165, 1.54) is 0 Å². The van der Waals surface area contributed by atoms with Crippen molar-refractivity contribution in [1.29, 1.82) is 0 Å². The number of rotatable bonds is 6. The van der Waals surface area contributed by atoms with Crippen LogP contribution in [0.2, 0.25) is 5.02 Å². The Morgan fingerprint density at radius 2 is 2.26 bits per heavy atom. The van der Waals surface area contributed by atoms with Crippen molar-refractivity contribution in [3.8, 4) is 5.75 Å². The van der Waals surface area contributed by atoms with Crippen LogP contribution in [0.5, 0.6) is 5.75 Å². The Kier molecular flexibility index (Phi) is 6.45. The van der Waals surface area contributed by atoms with E-state index in [9.17, 15) is 4.79 Å². The smallest absolute Gasteiger partial charge is 0.260 e. The SMILES string of the molecule is CCCCNC(=O)C(C)Oc1c(N)cc(Cl)cc1Br. The van der Waals surface area contributed by atoms with Gasteiger partial charge in [0, 0.05) is 11.6 Å². The summed E-state index contributed by atoms with van der Waals surface area (Å²) in [5, 5.41) is 3.32. The van der Waals surface area contributed by atoms with Crippen molar-refractivity contribution in [2.24, 2.45) is 0 Å². The molecule has 1 aromatic rings. The Balaban J connectivity index is 2.66. The van der Waals surface area contributed by atoms with Crippen LogP contribution < -0.4 is 15.8 Å². The molecule has 1 atom stereocenters. The van der Waals surface area contributed by atoms with Gasteiger partial charge in [0.25, 0.3) is 5.91 Å². The van der Waals surface area contributed by atoms with E-state index in [0.717, 1.165) is 12.8 Å². The first kappa shape index (κ1) is 16.1. The number of anilines is 1. The molecule has 0 radical (unpaired) electrons. The molecule has 106 valence electrons. The predicted molar refractivity (Wildman–Crippen MR) is 81.6 cm³/mol. The van der Waals surface area contributed by atoms with Crippen LogP contribution in [0.1, 0.15) is 26.7 Å². The fourth-order valence-electron chi connectivity index (χ4n) is 1.47. The Hall–Kier alpha value is -0.940. The maximum absolute atomic E-state index is 11.8. The molecule has 1 unspecified atom stereocenters. The zero-order valence-corrected chi connectivity index (χ0v) is 13.3. The van der Waals surface area contributed by atoms with Crippen molar-refractivity contribution >= 4 is 39.1 Å². The highest BCUT2D eigenvalue weighted by Crippen LogP contribution is 2.35. The molecule has 0 saturated heterocycles. The molecule has 0 aliphatic heterocycles. The lowest BCUT2D eigenvalue weighted by Gasteiger charge is -2.17. The first-order valence-corrected chi connectivity index (χ1v) is 7.31.